The average molecular weight is 430 g/mol. The zero-order valence-electron chi connectivity index (χ0n) is 18.2. The first-order valence-corrected chi connectivity index (χ1v) is 11.3. The molecule has 2 aromatic rings. The van der Waals surface area contributed by atoms with E-state index in [2.05, 4.69) is 40.3 Å². The Morgan fingerprint density at radius 1 is 1.23 bits per heavy atom. The summed E-state index contributed by atoms with van der Waals surface area (Å²) in [6.07, 6.45) is 4.25. The molecule has 1 aliphatic rings. The van der Waals surface area contributed by atoms with Gasteiger partial charge in [0.1, 0.15) is 11.6 Å². The van der Waals surface area contributed by atoms with Crippen LogP contribution >= 0.6 is 11.8 Å². The number of benzene rings is 1. The van der Waals surface area contributed by atoms with Crippen molar-refractivity contribution in [1.82, 2.24) is 25.0 Å². The van der Waals surface area contributed by atoms with Gasteiger partial charge in [-0.2, -0.15) is 0 Å². The van der Waals surface area contributed by atoms with Crippen molar-refractivity contribution in [2.75, 3.05) is 32.5 Å². The number of carbonyl (C=O) groups excluding carboxylic acids is 1. The lowest BCUT2D eigenvalue weighted by atomic mass is 10.0. The lowest BCUT2D eigenvalue weighted by molar-refractivity contribution is -0.119. The van der Waals surface area contributed by atoms with Gasteiger partial charge >= 0.3 is 0 Å². The molecule has 162 valence electrons. The first-order valence-electron chi connectivity index (χ1n) is 10.3. The van der Waals surface area contributed by atoms with Crippen LogP contribution in [0.4, 0.5) is 0 Å². The molecule has 1 aromatic carbocycles. The molecule has 2 heterocycles. The maximum atomic E-state index is 12.5. The molecule has 0 spiro atoms. The number of methoxy groups -OCH3 is 1. The van der Waals surface area contributed by atoms with E-state index in [9.17, 15) is 4.79 Å². The topological polar surface area (TPSA) is 72.3 Å². The summed E-state index contributed by atoms with van der Waals surface area (Å²) in [5, 5.41) is 12.3. The number of aryl methyl sites for hydroxylation is 1. The minimum Gasteiger partial charge on any atom is -0.497 e. The number of aromatic nitrogens is 3. The second-order valence-electron chi connectivity index (χ2n) is 7.78. The maximum absolute atomic E-state index is 12.5. The van der Waals surface area contributed by atoms with Crippen LogP contribution in [0, 0.1) is 6.92 Å². The summed E-state index contributed by atoms with van der Waals surface area (Å²) in [5.74, 6) is 1.95. The smallest absolute Gasteiger partial charge is 0.230 e. The first kappa shape index (κ1) is 22.4. The van der Waals surface area contributed by atoms with Gasteiger partial charge in [-0.25, -0.2) is 0 Å². The number of hydrogen-bond acceptors (Lipinski definition) is 6. The maximum Gasteiger partial charge on any atom is 0.230 e. The second kappa shape index (κ2) is 10.6. The average Bonchev–Trinajstić information content (AvgIpc) is 3.12. The highest BCUT2D eigenvalue weighted by Crippen LogP contribution is 2.23. The van der Waals surface area contributed by atoms with Gasteiger partial charge in [-0.1, -0.05) is 23.4 Å². The minimum absolute atomic E-state index is 0.0460. The Hall–Kier alpha value is -2.32. The summed E-state index contributed by atoms with van der Waals surface area (Å²) >= 11 is 1.41. The Morgan fingerprint density at radius 2 is 1.93 bits per heavy atom. The molecular weight excluding hydrogens is 398 g/mol. The summed E-state index contributed by atoms with van der Waals surface area (Å²) in [6.45, 7) is 9.20. The van der Waals surface area contributed by atoms with E-state index >= 15 is 0 Å². The van der Waals surface area contributed by atoms with E-state index in [4.69, 9.17) is 4.74 Å². The normalized spacial score (nSPS) is 15.1. The van der Waals surface area contributed by atoms with Crippen LogP contribution in [0.5, 0.6) is 5.75 Å². The summed E-state index contributed by atoms with van der Waals surface area (Å²) in [4.78, 5) is 14.9. The fourth-order valence-electron chi connectivity index (χ4n) is 3.44. The molecule has 1 fully saturated rings. The van der Waals surface area contributed by atoms with Crippen molar-refractivity contribution in [3.05, 3.63) is 41.7 Å². The zero-order valence-corrected chi connectivity index (χ0v) is 19.0. The van der Waals surface area contributed by atoms with Crippen LogP contribution in [0.1, 0.15) is 32.5 Å². The fraction of sp³-hybridized carbons (Fsp3) is 0.500. The van der Waals surface area contributed by atoms with Crippen LogP contribution < -0.4 is 10.1 Å². The highest BCUT2D eigenvalue weighted by atomic mass is 32.2. The second-order valence-corrected chi connectivity index (χ2v) is 8.72. The van der Waals surface area contributed by atoms with E-state index in [0.29, 0.717) is 10.9 Å². The van der Waals surface area contributed by atoms with Crippen molar-refractivity contribution < 1.29 is 9.53 Å². The number of nitrogens with zero attached hydrogens (tertiary/aromatic N) is 4. The van der Waals surface area contributed by atoms with Crippen LogP contribution in [0.2, 0.25) is 0 Å². The third-order valence-electron chi connectivity index (χ3n) is 5.17. The standard InChI is InChI=1S/C22H31N5O2S/c1-16(2)9-12-26-13-10-18(11-14-26)23-21(28)15-30-22-25-24-17(3)27(22)19-5-7-20(29-4)8-6-19/h5-9,18H,10-15H2,1-4H3,(H,23,28). The molecule has 1 amide bonds. The quantitative estimate of drug-likeness (QED) is 0.513. The van der Waals surface area contributed by atoms with E-state index in [1.165, 1.54) is 17.3 Å². The zero-order chi connectivity index (χ0) is 21.5. The number of rotatable bonds is 8. The predicted octanol–water partition coefficient (Wildman–Crippen LogP) is 3.22. The van der Waals surface area contributed by atoms with Gasteiger partial charge in [0.15, 0.2) is 5.16 Å². The van der Waals surface area contributed by atoms with E-state index in [1.807, 2.05) is 35.8 Å². The van der Waals surface area contributed by atoms with Crippen LogP contribution in [-0.2, 0) is 4.79 Å². The molecule has 0 unspecified atom stereocenters. The number of likely N-dealkylation sites (tertiary alicyclic amines) is 1. The van der Waals surface area contributed by atoms with E-state index in [-0.39, 0.29) is 11.9 Å². The largest absolute Gasteiger partial charge is 0.497 e. The SMILES string of the molecule is COc1ccc(-n2c(C)nnc2SCC(=O)NC2CCN(CC=C(C)C)CC2)cc1. The lowest BCUT2D eigenvalue weighted by Gasteiger charge is -2.31. The Balaban J connectivity index is 1.50. The van der Waals surface area contributed by atoms with E-state index in [1.54, 1.807) is 7.11 Å². The summed E-state index contributed by atoms with van der Waals surface area (Å²) in [7, 11) is 1.64. The van der Waals surface area contributed by atoms with Crippen molar-refractivity contribution in [3.8, 4) is 11.4 Å². The highest BCUT2D eigenvalue weighted by Gasteiger charge is 2.21. The van der Waals surface area contributed by atoms with E-state index < -0.39 is 0 Å². The Labute approximate surface area is 182 Å². The molecule has 30 heavy (non-hydrogen) atoms. The third-order valence-corrected chi connectivity index (χ3v) is 6.10. The van der Waals surface area contributed by atoms with Crippen molar-refractivity contribution in [1.29, 1.82) is 0 Å². The van der Waals surface area contributed by atoms with Gasteiger partial charge < -0.3 is 10.1 Å². The number of thioether (sulfide) groups is 1. The molecule has 0 atom stereocenters. The molecule has 0 bridgehead atoms. The highest BCUT2D eigenvalue weighted by molar-refractivity contribution is 7.99. The molecule has 1 N–H and O–H groups in total. The van der Waals surface area contributed by atoms with Crippen molar-refractivity contribution in [2.45, 2.75) is 44.8 Å². The molecule has 1 aromatic heterocycles. The molecule has 0 saturated carbocycles. The van der Waals surface area contributed by atoms with Crippen LogP contribution in [0.3, 0.4) is 0 Å². The molecule has 3 rings (SSSR count). The number of allylic oxidation sites excluding steroid dienone is 1. The Morgan fingerprint density at radius 3 is 2.57 bits per heavy atom. The van der Waals surface area contributed by atoms with Crippen LogP contribution in [0.15, 0.2) is 41.1 Å². The van der Waals surface area contributed by atoms with Crippen molar-refractivity contribution in [3.63, 3.8) is 0 Å². The molecule has 0 aliphatic carbocycles. The van der Waals surface area contributed by atoms with Crippen LogP contribution in [0.25, 0.3) is 5.69 Å². The number of carbonyl (C=O) groups is 1. The van der Waals surface area contributed by atoms with Crippen LogP contribution in [-0.4, -0.2) is 64.1 Å². The van der Waals surface area contributed by atoms with Gasteiger partial charge in [0.25, 0.3) is 0 Å². The Kier molecular flexibility index (Phi) is 7.93. The molecule has 0 radical (unpaired) electrons. The summed E-state index contributed by atoms with van der Waals surface area (Å²) in [5.41, 5.74) is 2.30. The number of amides is 1. The van der Waals surface area contributed by atoms with Gasteiger partial charge in [-0.3, -0.25) is 14.3 Å². The van der Waals surface area contributed by atoms with Gasteiger partial charge in [0.05, 0.1) is 12.9 Å². The molecule has 8 heteroatoms. The summed E-state index contributed by atoms with van der Waals surface area (Å²) in [6, 6.07) is 7.98. The Bertz CT molecular complexity index is 866. The predicted molar refractivity (Wildman–Crippen MR) is 120 cm³/mol. The van der Waals surface area contributed by atoms with E-state index in [0.717, 1.165) is 49.7 Å². The number of hydrogen-bond donors (Lipinski definition) is 1. The van der Waals surface area contributed by atoms with Gasteiger partial charge in [-0.05, 0) is 57.9 Å². The number of piperidine rings is 1. The van der Waals surface area contributed by atoms with Gasteiger partial charge in [0, 0.05) is 31.4 Å². The molecule has 1 saturated heterocycles. The monoisotopic (exact) mass is 429 g/mol. The molecular formula is C22H31N5O2S. The van der Waals surface area contributed by atoms with Crippen molar-refractivity contribution in [2.24, 2.45) is 0 Å². The first-order chi connectivity index (χ1) is 14.5. The third kappa shape index (κ3) is 6.09. The number of ether oxygens (including phenoxy) is 1. The lowest BCUT2D eigenvalue weighted by Crippen LogP contribution is -2.45. The summed E-state index contributed by atoms with van der Waals surface area (Å²) < 4.78 is 7.18. The number of nitrogens with one attached hydrogen (secondary N) is 1. The van der Waals surface area contributed by atoms with Gasteiger partial charge in [0.2, 0.25) is 5.91 Å². The van der Waals surface area contributed by atoms with Crippen molar-refractivity contribution >= 4 is 17.7 Å². The van der Waals surface area contributed by atoms with Gasteiger partial charge in [-0.15, -0.1) is 10.2 Å². The molecule has 7 nitrogen and oxygen atoms in total. The fourth-order valence-corrected chi connectivity index (χ4v) is 4.24. The molecule has 1 aliphatic heterocycles. The minimum atomic E-state index is 0.0460.